The van der Waals surface area contributed by atoms with Crippen LogP contribution in [0.5, 0.6) is 5.75 Å². The lowest BCUT2D eigenvalue weighted by Gasteiger charge is -2.10. The standard InChI is InChI=1S/C20H22N2O4S/c1-13-5-4-6-16(11-13)27(24,25)21-10-9-15-12-17-14(2)7-8-18(26-3)19(17)22-20(15)23/h4-8,11-12,21H,9-10H2,1-3H3,(H,22,23). The van der Waals surface area contributed by atoms with Crippen LogP contribution < -0.4 is 15.0 Å². The fourth-order valence-electron chi connectivity index (χ4n) is 2.99. The van der Waals surface area contributed by atoms with E-state index >= 15 is 0 Å². The SMILES string of the molecule is COc1ccc(C)c2cc(CCNS(=O)(=O)c3cccc(C)c3)c(=O)[nH]c12. The van der Waals surface area contributed by atoms with Gasteiger partial charge < -0.3 is 9.72 Å². The molecule has 6 nitrogen and oxygen atoms in total. The highest BCUT2D eigenvalue weighted by Gasteiger charge is 2.14. The molecule has 2 aromatic carbocycles. The van der Waals surface area contributed by atoms with Crippen molar-refractivity contribution in [3.63, 3.8) is 0 Å². The maximum absolute atomic E-state index is 12.4. The second-order valence-electron chi connectivity index (χ2n) is 6.46. The van der Waals surface area contributed by atoms with E-state index in [1.165, 1.54) is 0 Å². The Morgan fingerprint density at radius 1 is 1.11 bits per heavy atom. The molecular formula is C20H22N2O4S. The number of pyridine rings is 1. The van der Waals surface area contributed by atoms with Crippen molar-refractivity contribution < 1.29 is 13.2 Å². The molecule has 0 fully saturated rings. The maximum Gasteiger partial charge on any atom is 0.251 e. The van der Waals surface area contributed by atoms with Crippen molar-refractivity contribution in [2.75, 3.05) is 13.7 Å². The number of hydrogen-bond acceptors (Lipinski definition) is 4. The van der Waals surface area contributed by atoms with Crippen molar-refractivity contribution in [3.8, 4) is 5.75 Å². The Hall–Kier alpha value is -2.64. The number of methoxy groups -OCH3 is 1. The van der Waals surface area contributed by atoms with Gasteiger partial charge in [-0.25, -0.2) is 13.1 Å². The highest BCUT2D eigenvalue weighted by molar-refractivity contribution is 7.89. The van der Waals surface area contributed by atoms with E-state index < -0.39 is 10.0 Å². The summed E-state index contributed by atoms with van der Waals surface area (Å²) in [6.45, 7) is 3.92. The van der Waals surface area contributed by atoms with Crippen molar-refractivity contribution in [2.24, 2.45) is 0 Å². The molecule has 1 aromatic heterocycles. The van der Waals surface area contributed by atoms with Gasteiger partial charge in [-0.3, -0.25) is 4.79 Å². The number of hydrogen-bond donors (Lipinski definition) is 2. The zero-order chi connectivity index (χ0) is 19.6. The third-order valence-electron chi connectivity index (χ3n) is 4.48. The van der Waals surface area contributed by atoms with E-state index in [2.05, 4.69) is 9.71 Å². The van der Waals surface area contributed by atoms with Gasteiger partial charge in [-0.05, 0) is 55.7 Å². The monoisotopic (exact) mass is 386 g/mol. The fraction of sp³-hybridized carbons (Fsp3) is 0.250. The second kappa shape index (κ2) is 7.54. The van der Waals surface area contributed by atoms with Gasteiger partial charge in [0, 0.05) is 17.5 Å². The predicted octanol–water partition coefficient (Wildman–Crippen LogP) is 2.67. The summed E-state index contributed by atoms with van der Waals surface area (Å²) in [5.41, 5.74) is 2.79. The fourth-order valence-corrected chi connectivity index (χ4v) is 4.13. The van der Waals surface area contributed by atoms with Gasteiger partial charge in [-0.1, -0.05) is 18.2 Å². The summed E-state index contributed by atoms with van der Waals surface area (Å²) in [5, 5.41) is 0.880. The molecule has 3 rings (SSSR count). The number of fused-ring (bicyclic) bond motifs is 1. The third-order valence-corrected chi connectivity index (χ3v) is 5.94. The molecule has 0 bridgehead atoms. The van der Waals surface area contributed by atoms with E-state index in [-0.39, 0.29) is 23.4 Å². The Balaban J connectivity index is 1.82. The summed E-state index contributed by atoms with van der Waals surface area (Å²) in [7, 11) is -2.06. The van der Waals surface area contributed by atoms with E-state index in [4.69, 9.17) is 4.74 Å². The molecule has 2 N–H and O–H groups in total. The first-order chi connectivity index (χ1) is 12.8. The van der Waals surface area contributed by atoms with Gasteiger partial charge in [-0.2, -0.15) is 0 Å². The highest BCUT2D eigenvalue weighted by atomic mass is 32.2. The molecule has 0 radical (unpaired) electrons. The van der Waals surface area contributed by atoms with Crippen molar-refractivity contribution in [2.45, 2.75) is 25.2 Å². The highest BCUT2D eigenvalue weighted by Crippen LogP contribution is 2.25. The molecule has 0 unspecified atom stereocenters. The Bertz CT molecular complexity index is 1150. The van der Waals surface area contributed by atoms with Crippen LogP contribution in [-0.4, -0.2) is 27.1 Å². The van der Waals surface area contributed by atoms with Crippen molar-refractivity contribution in [1.82, 2.24) is 9.71 Å². The zero-order valence-electron chi connectivity index (χ0n) is 15.5. The Kier molecular flexibility index (Phi) is 5.34. The van der Waals surface area contributed by atoms with Gasteiger partial charge >= 0.3 is 0 Å². The summed E-state index contributed by atoms with van der Waals surface area (Å²) >= 11 is 0. The normalized spacial score (nSPS) is 11.7. The molecule has 0 saturated carbocycles. The van der Waals surface area contributed by atoms with Gasteiger partial charge in [0.2, 0.25) is 10.0 Å². The first-order valence-electron chi connectivity index (χ1n) is 8.57. The summed E-state index contributed by atoms with van der Waals surface area (Å²) in [4.78, 5) is 15.5. The molecule has 142 valence electrons. The Morgan fingerprint density at radius 2 is 1.89 bits per heavy atom. The number of rotatable bonds is 6. The molecule has 0 aliphatic heterocycles. The van der Waals surface area contributed by atoms with E-state index in [0.29, 0.717) is 16.8 Å². The molecule has 3 aromatic rings. The van der Waals surface area contributed by atoms with E-state index in [9.17, 15) is 13.2 Å². The number of aromatic amines is 1. The molecule has 0 amide bonds. The van der Waals surface area contributed by atoms with Crippen LogP contribution in [0.1, 0.15) is 16.7 Å². The number of sulfonamides is 1. The van der Waals surface area contributed by atoms with Gasteiger partial charge in [-0.15, -0.1) is 0 Å². The molecule has 0 saturated heterocycles. The minimum Gasteiger partial charge on any atom is -0.495 e. The number of nitrogens with one attached hydrogen (secondary N) is 2. The number of benzene rings is 2. The molecule has 7 heteroatoms. The third kappa shape index (κ3) is 4.04. The molecule has 0 atom stereocenters. The summed E-state index contributed by atoms with van der Waals surface area (Å²) in [6.07, 6.45) is 0.285. The average molecular weight is 386 g/mol. The quantitative estimate of drug-likeness (QED) is 0.682. The Labute approximate surface area is 158 Å². The van der Waals surface area contributed by atoms with Crippen LogP contribution in [0.25, 0.3) is 10.9 Å². The van der Waals surface area contributed by atoms with Crippen molar-refractivity contribution in [1.29, 1.82) is 0 Å². The molecule has 0 aliphatic rings. The lowest BCUT2D eigenvalue weighted by Crippen LogP contribution is -2.27. The summed E-state index contributed by atoms with van der Waals surface area (Å²) < 4.78 is 32.7. The number of ether oxygens (including phenoxy) is 1. The lowest BCUT2D eigenvalue weighted by molar-refractivity contribution is 0.418. The van der Waals surface area contributed by atoms with Crippen LogP contribution in [0.15, 0.2) is 52.2 Å². The molecule has 0 spiro atoms. The van der Waals surface area contributed by atoms with E-state index in [1.54, 1.807) is 31.4 Å². The van der Waals surface area contributed by atoms with Crippen LogP contribution in [0.4, 0.5) is 0 Å². The Morgan fingerprint density at radius 3 is 2.59 bits per heavy atom. The van der Waals surface area contributed by atoms with E-state index in [1.807, 2.05) is 32.0 Å². The molecular weight excluding hydrogens is 364 g/mol. The second-order valence-corrected chi connectivity index (χ2v) is 8.23. The lowest BCUT2D eigenvalue weighted by atomic mass is 10.1. The first kappa shape index (κ1) is 19.1. The van der Waals surface area contributed by atoms with Crippen molar-refractivity contribution in [3.05, 3.63) is 69.5 Å². The number of aryl methyl sites for hydroxylation is 2. The smallest absolute Gasteiger partial charge is 0.251 e. The minimum atomic E-state index is -3.61. The number of H-pyrrole nitrogens is 1. The maximum atomic E-state index is 12.4. The van der Waals surface area contributed by atoms with Crippen molar-refractivity contribution >= 4 is 20.9 Å². The summed E-state index contributed by atoms with van der Waals surface area (Å²) in [6, 6.07) is 12.2. The molecule has 27 heavy (non-hydrogen) atoms. The largest absolute Gasteiger partial charge is 0.495 e. The minimum absolute atomic E-state index is 0.133. The van der Waals surface area contributed by atoms with Crippen LogP contribution in [0.2, 0.25) is 0 Å². The predicted molar refractivity (Wildman–Crippen MR) is 106 cm³/mol. The van der Waals surface area contributed by atoms with Crippen LogP contribution in [0.3, 0.4) is 0 Å². The molecule has 1 heterocycles. The summed E-state index contributed by atoms with van der Waals surface area (Å²) in [5.74, 6) is 0.597. The zero-order valence-corrected chi connectivity index (χ0v) is 16.3. The van der Waals surface area contributed by atoms with Gasteiger partial charge in [0.25, 0.3) is 5.56 Å². The van der Waals surface area contributed by atoms with Crippen LogP contribution in [-0.2, 0) is 16.4 Å². The molecule has 0 aliphatic carbocycles. The van der Waals surface area contributed by atoms with Crippen LogP contribution >= 0.6 is 0 Å². The number of aromatic nitrogens is 1. The van der Waals surface area contributed by atoms with Gasteiger partial charge in [0.1, 0.15) is 5.75 Å². The van der Waals surface area contributed by atoms with Gasteiger partial charge in [0.15, 0.2) is 0 Å². The van der Waals surface area contributed by atoms with Gasteiger partial charge in [0.05, 0.1) is 17.5 Å². The first-order valence-corrected chi connectivity index (χ1v) is 10.1. The van der Waals surface area contributed by atoms with Crippen LogP contribution in [0, 0.1) is 13.8 Å². The van der Waals surface area contributed by atoms with E-state index in [0.717, 1.165) is 16.5 Å². The average Bonchev–Trinajstić information content (AvgIpc) is 2.63. The topological polar surface area (TPSA) is 88.3 Å².